The van der Waals surface area contributed by atoms with Gasteiger partial charge in [-0.05, 0) is 18.1 Å². The number of phenolic OH excluding ortho intramolecular Hbond substituents is 1. The number of phenols is 1. The third kappa shape index (κ3) is 1.68. The van der Waals surface area contributed by atoms with Crippen LogP contribution in [0.4, 0.5) is 4.39 Å². The van der Waals surface area contributed by atoms with Gasteiger partial charge in [-0.1, -0.05) is 17.7 Å². The first kappa shape index (κ1) is 9.29. The molecule has 1 aromatic rings. The minimum atomic E-state index is -0.661. The van der Waals surface area contributed by atoms with E-state index in [0.29, 0.717) is 5.56 Å². The Morgan fingerprint density at radius 1 is 1.42 bits per heavy atom. The van der Waals surface area contributed by atoms with Crippen molar-refractivity contribution >= 4 is 11.6 Å². The largest absolute Gasteiger partial charge is 0.506 e. The molecule has 66 valence electrons. The number of aromatic hydroxyl groups is 1. The zero-order valence-electron chi connectivity index (χ0n) is 6.22. The quantitative estimate of drug-likeness (QED) is 0.746. The maximum Gasteiger partial charge on any atom is 0.148 e. The van der Waals surface area contributed by atoms with Gasteiger partial charge >= 0.3 is 0 Å². The van der Waals surface area contributed by atoms with E-state index in [1.54, 1.807) is 0 Å². The van der Waals surface area contributed by atoms with E-state index in [1.165, 1.54) is 12.1 Å². The highest BCUT2D eigenvalue weighted by Gasteiger charge is 2.09. The Bertz CT molecular complexity index is 289. The van der Waals surface area contributed by atoms with E-state index < -0.39 is 5.82 Å². The average Bonchev–Trinajstić information content (AvgIpc) is 2.07. The number of benzene rings is 1. The maximum atomic E-state index is 13.0. The number of rotatable bonds is 2. The van der Waals surface area contributed by atoms with E-state index in [1.807, 2.05) is 0 Å². The van der Waals surface area contributed by atoms with Gasteiger partial charge in [0.15, 0.2) is 0 Å². The van der Waals surface area contributed by atoms with Gasteiger partial charge in [-0.3, -0.25) is 0 Å². The van der Waals surface area contributed by atoms with Gasteiger partial charge in [-0.2, -0.15) is 0 Å². The smallest absolute Gasteiger partial charge is 0.148 e. The van der Waals surface area contributed by atoms with Crippen molar-refractivity contribution < 1.29 is 14.6 Å². The number of aliphatic hydroxyl groups excluding tert-OH is 1. The van der Waals surface area contributed by atoms with Crippen molar-refractivity contribution in [3.05, 3.63) is 28.5 Å². The summed E-state index contributed by atoms with van der Waals surface area (Å²) in [5, 5.41) is 17.2. The first-order chi connectivity index (χ1) is 5.66. The van der Waals surface area contributed by atoms with Gasteiger partial charge in [0.05, 0.1) is 0 Å². The molecule has 0 aliphatic heterocycles. The highest BCUT2D eigenvalue weighted by atomic mass is 35.5. The number of hydrogen-bond acceptors (Lipinski definition) is 2. The number of hydrogen-bond donors (Lipinski definition) is 2. The second kappa shape index (κ2) is 3.74. The molecule has 0 aliphatic carbocycles. The predicted octanol–water partition coefficient (Wildman–Crippen LogP) is 1.72. The summed E-state index contributed by atoms with van der Waals surface area (Å²) in [6, 6.07) is 2.70. The van der Waals surface area contributed by atoms with Crippen LogP contribution in [-0.4, -0.2) is 16.8 Å². The fourth-order valence-corrected chi connectivity index (χ4v) is 1.08. The second-order valence-electron chi connectivity index (χ2n) is 2.35. The van der Waals surface area contributed by atoms with Crippen molar-refractivity contribution in [1.29, 1.82) is 0 Å². The summed E-state index contributed by atoms with van der Waals surface area (Å²) < 4.78 is 13.0. The number of halogens is 2. The third-order valence-electron chi connectivity index (χ3n) is 1.52. The molecule has 0 spiro atoms. The lowest BCUT2D eigenvalue weighted by atomic mass is 10.1. The highest BCUT2D eigenvalue weighted by molar-refractivity contribution is 6.32. The van der Waals surface area contributed by atoms with Crippen molar-refractivity contribution in [2.75, 3.05) is 6.61 Å². The molecule has 0 fully saturated rings. The molecule has 0 atom stereocenters. The van der Waals surface area contributed by atoms with Gasteiger partial charge in [-0.25, -0.2) is 4.39 Å². The minimum Gasteiger partial charge on any atom is -0.506 e. The summed E-state index contributed by atoms with van der Waals surface area (Å²) in [6.45, 7) is -0.141. The monoisotopic (exact) mass is 190 g/mol. The van der Waals surface area contributed by atoms with Crippen LogP contribution >= 0.6 is 11.6 Å². The lowest BCUT2D eigenvalue weighted by molar-refractivity contribution is 0.297. The topological polar surface area (TPSA) is 40.5 Å². The SMILES string of the molecule is OCCc1ccc(O)c(Cl)c1F. The summed E-state index contributed by atoms with van der Waals surface area (Å²) >= 11 is 5.41. The molecule has 2 N–H and O–H groups in total. The Kier molecular flexibility index (Phi) is 2.89. The molecule has 0 unspecified atom stereocenters. The van der Waals surface area contributed by atoms with E-state index in [4.69, 9.17) is 21.8 Å². The molecule has 2 nitrogen and oxygen atoms in total. The summed E-state index contributed by atoms with van der Waals surface area (Å²) in [7, 11) is 0. The van der Waals surface area contributed by atoms with Crippen LogP contribution in [0, 0.1) is 5.82 Å². The molecule has 0 bridgehead atoms. The summed E-state index contributed by atoms with van der Waals surface area (Å²) in [6.07, 6.45) is 0.200. The van der Waals surface area contributed by atoms with E-state index in [-0.39, 0.29) is 23.8 Å². The zero-order valence-corrected chi connectivity index (χ0v) is 6.98. The molecule has 0 aliphatic rings. The van der Waals surface area contributed by atoms with Gasteiger partial charge in [0.1, 0.15) is 16.6 Å². The fraction of sp³-hybridized carbons (Fsp3) is 0.250. The normalized spacial score (nSPS) is 10.2. The molecular weight excluding hydrogens is 183 g/mol. The van der Waals surface area contributed by atoms with Crippen LogP contribution in [-0.2, 0) is 6.42 Å². The van der Waals surface area contributed by atoms with Gasteiger partial charge < -0.3 is 10.2 Å². The maximum absolute atomic E-state index is 13.0. The fourth-order valence-electron chi connectivity index (χ4n) is 0.893. The predicted molar refractivity (Wildman–Crippen MR) is 43.9 cm³/mol. The lowest BCUT2D eigenvalue weighted by Crippen LogP contribution is -1.95. The van der Waals surface area contributed by atoms with Crippen molar-refractivity contribution in [2.24, 2.45) is 0 Å². The van der Waals surface area contributed by atoms with E-state index >= 15 is 0 Å². The van der Waals surface area contributed by atoms with Crippen LogP contribution in [0.2, 0.25) is 5.02 Å². The molecular formula is C8H8ClFO2. The van der Waals surface area contributed by atoms with E-state index in [2.05, 4.69) is 0 Å². The average molecular weight is 191 g/mol. The van der Waals surface area contributed by atoms with E-state index in [0.717, 1.165) is 0 Å². The number of aliphatic hydroxyl groups is 1. The lowest BCUT2D eigenvalue weighted by Gasteiger charge is -2.03. The van der Waals surface area contributed by atoms with Gasteiger partial charge in [0, 0.05) is 6.61 Å². The Labute approximate surface area is 74.2 Å². The minimum absolute atomic E-state index is 0.141. The summed E-state index contributed by atoms with van der Waals surface area (Å²) in [4.78, 5) is 0. The Balaban J connectivity index is 3.08. The summed E-state index contributed by atoms with van der Waals surface area (Å²) in [5.41, 5.74) is 0.306. The van der Waals surface area contributed by atoms with E-state index in [9.17, 15) is 4.39 Å². The molecule has 0 radical (unpaired) electrons. The van der Waals surface area contributed by atoms with Crippen LogP contribution in [0.5, 0.6) is 5.75 Å². The van der Waals surface area contributed by atoms with Crippen molar-refractivity contribution in [2.45, 2.75) is 6.42 Å². The highest BCUT2D eigenvalue weighted by Crippen LogP contribution is 2.28. The Morgan fingerprint density at radius 3 is 2.67 bits per heavy atom. The van der Waals surface area contributed by atoms with Crippen LogP contribution in [0.1, 0.15) is 5.56 Å². The van der Waals surface area contributed by atoms with Crippen molar-refractivity contribution in [3.63, 3.8) is 0 Å². The molecule has 0 aromatic heterocycles. The summed E-state index contributed by atoms with van der Waals surface area (Å²) in [5.74, 6) is -0.943. The molecule has 0 heterocycles. The molecule has 12 heavy (non-hydrogen) atoms. The first-order valence-electron chi connectivity index (χ1n) is 3.43. The van der Waals surface area contributed by atoms with Crippen molar-refractivity contribution in [3.8, 4) is 5.75 Å². The van der Waals surface area contributed by atoms with Gasteiger partial charge in [-0.15, -0.1) is 0 Å². The first-order valence-corrected chi connectivity index (χ1v) is 3.81. The van der Waals surface area contributed by atoms with Crippen LogP contribution in [0.25, 0.3) is 0 Å². The zero-order chi connectivity index (χ0) is 9.14. The van der Waals surface area contributed by atoms with Crippen molar-refractivity contribution in [1.82, 2.24) is 0 Å². The Hall–Kier alpha value is -0.800. The Morgan fingerprint density at radius 2 is 2.08 bits per heavy atom. The molecule has 1 aromatic carbocycles. The van der Waals surface area contributed by atoms with Crippen LogP contribution < -0.4 is 0 Å². The molecule has 0 saturated carbocycles. The standard InChI is InChI=1S/C8H8ClFO2/c9-7-6(12)2-1-5(3-4-11)8(7)10/h1-2,11-12H,3-4H2. The molecule has 4 heteroatoms. The van der Waals surface area contributed by atoms with Gasteiger partial charge in [0.25, 0.3) is 0 Å². The molecule has 1 rings (SSSR count). The second-order valence-corrected chi connectivity index (χ2v) is 2.72. The molecule has 0 saturated heterocycles. The van der Waals surface area contributed by atoms with Gasteiger partial charge in [0.2, 0.25) is 0 Å². The third-order valence-corrected chi connectivity index (χ3v) is 1.88. The van der Waals surface area contributed by atoms with Crippen LogP contribution in [0.15, 0.2) is 12.1 Å². The van der Waals surface area contributed by atoms with Crippen LogP contribution in [0.3, 0.4) is 0 Å². The molecule has 0 amide bonds.